The second-order valence-electron chi connectivity index (χ2n) is 6.16. The summed E-state index contributed by atoms with van der Waals surface area (Å²) in [5.74, 6) is -0.500. The standard InChI is InChI=1S/C19H30N2O3S.C3H6/c1-4-6-8-11-16(19(23)24-5-2)18(25-3)20-17(22)12-15-21-13-9-7-10-14-21;1-3-2/h4,6,8,11H,5,7,9-10,12-15H2,1-3H3,(H,20,22);3H,1H2,2H3/b6-4+,11-8+,18-16+;. The summed E-state index contributed by atoms with van der Waals surface area (Å²) in [7, 11) is 0. The van der Waals surface area contributed by atoms with E-state index in [1.54, 1.807) is 25.2 Å². The largest absolute Gasteiger partial charge is 0.462 e. The molecule has 1 N–H and O–H groups in total. The molecule has 1 amide bonds. The molecule has 1 aliphatic heterocycles. The number of nitrogens with one attached hydrogen (secondary N) is 1. The summed E-state index contributed by atoms with van der Waals surface area (Å²) in [5, 5.41) is 3.40. The second-order valence-corrected chi connectivity index (χ2v) is 6.98. The average Bonchev–Trinajstić information content (AvgIpc) is 2.70. The van der Waals surface area contributed by atoms with Crippen LogP contribution in [0, 0.1) is 0 Å². The summed E-state index contributed by atoms with van der Waals surface area (Å²) >= 11 is 1.34. The highest BCUT2D eigenvalue weighted by molar-refractivity contribution is 8.02. The molecule has 1 rings (SSSR count). The molecule has 1 saturated heterocycles. The average molecular weight is 409 g/mol. The maximum atomic E-state index is 12.3. The Morgan fingerprint density at radius 2 is 1.82 bits per heavy atom. The number of nitrogens with zero attached hydrogens (tertiary/aromatic N) is 1. The molecular formula is C22H36N2O3S. The van der Waals surface area contributed by atoms with Crippen molar-refractivity contribution in [2.75, 3.05) is 32.5 Å². The summed E-state index contributed by atoms with van der Waals surface area (Å²) in [6.45, 7) is 12.1. The number of ether oxygens (including phenoxy) is 1. The van der Waals surface area contributed by atoms with Gasteiger partial charge in [0.2, 0.25) is 5.91 Å². The van der Waals surface area contributed by atoms with Gasteiger partial charge in [-0.3, -0.25) is 4.79 Å². The quantitative estimate of drug-likeness (QED) is 0.264. The summed E-state index contributed by atoms with van der Waals surface area (Å²) in [6, 6.07) is 0. The number of allylic oxidation sites excluding steroid dienone is 4. The maximum Gasteiger partial charge on any atom is 0.340 e. The molecule has 1 heterocycles. The number of esters is 1. The third-order valence-corrected chi connectivity index (χ3v) is 4.60. The van der Waals surface area contributed by atoms with Crippen LogP contribution in [-0.4, -0.2) is 49.3 Å². The first-order chi connectivity index (χ1) is 13.5. The van der Waals surface area contributed by atoms with Crippen LogP contribution in [0.5, 0.6) is 0 Å². The van der Waals surface area contributed by atoms with Crippen LogP contribution in [0.2, 0.25) is 0 Å². The van der Waals surface area contributed by atoms with Crippen LogP contribution >= 0.6 is 11.8 Å². The van der Waals surface area contributed by atoms with Crippen molar-refractivity contribution in [3.63, 3.8) is 0 Å². The molecule has 0 aromatic carbocycles. The van der Waals surface area contributed by atoms with E-state index in [2.05, 4.69) is 16.8 Å². The van der Waals surface area contributed by atoms with Crippen LogP contribution < -0.4 is 5.32 Å². The van der Waals surface area contributed by atoms with Gasteiger partial charge in [0, 0.05) is 13.0 Å². The molecule has 0 aromatic rings. The molecule has 0 unspecified atom stereocenters. The highest BCUT2D eigenvalue weighted by atomic mass is 32.2. The first kappa shape index (κ1) is 26.2. The second kappa shape index (κ2) is 17.3. The number of rotatable bonds is 9. The first-order valence-electron chi connectivity index (χ1n) is 9.87. The number of likely N-dealkylation sites (tertiary alicyclic amines) is 1. The van der Waals surface area contributed by atoms with Gasteiger partial charge in [-0.2, -0.15) is 0 Å². The Morgan fingerprint density at radius 1 is 1.18 bits per heavy atom. The fraction of sp³-hybridized carbons (Fsp3) is 0.545. The van der Waals surface area contributed by atoms with Crippen molar-refractivity contribution in [3.8, 4) is 0 Å². The van der Waals surface area contributed by atoms with Crippen LogP contribution in [0.1, 0.15) is 46.5 Å². The number of amides is 1. The Kier molecular flexibility index (Phi) is 16.2. The van der Waals surface area contributed by atoms with Gasteiger partial charge in [0.1, 0.15) is 0 Å². The SMILES string of the molecule is C/C=C/C=C/C(C(=O)OCC)=C(/NC(=O)CCN1CCCCC1)SC.C=CC. The van der Waals surface area contributed by atoms with Crippen molar-refractivity contribution in [1.82, 2.24) is 10.2 Å². The number of hydrogen-bond donors (Lipinski definition) is 1. The maximum absolute atomic E-state index is 12.3. The fourth-order valence-corrected chi connectivity index (χ4v) is 3.16. The Labute approximate surface area is 175 Å². The zero-order valence-corrected chi connectivity index (χ0v) is 18.6. The molecule has 1 aliphatic rings. The topological polar surface area (TPSA) is 58.6 Å². The van der Waals surface area contributed by atoms with Gasteiger partial charge < -0.3 is 15.0 Å². The molecule has 0 atom stereocenters. The lowest BCUT2D eigenvalue weighted by Crippen LogP contribution is -2.34. The van der Waals surface area contributed by atoms with E-state index in [4.69, 9.17) is 4.74 Å². The number of carbonyl (C=O) groups excluding carboxylic acids is 2. The van der Waals surface area contributed by atoms with Crippen molar-refractivity contribution < 1.29 is 14.3 Å². The number of thioether (sulfide) groups is 1. The molecule has 0 radical (unpaired) electrons. The lowest BCUT2D eigenvalue weighted by Gasteiger charge is -2.26. The number of hydrogen-bond acceptors (Lipinski definition) is 5. The highest BCUT2D eigenvalue weighted by Gasteiger charge is 2.17. The van der Waals surface area contributed by atoms with Crippen molar-refractivity contribution >= 4 is 23.6 Å². The summed E-state index contributed by atoms with van der Waals surface area (Å²) in [5.41, 5.74) is 0.374. The van der Waals surface area contributed by atoms with Crippen LogP contribution in [0.15, 0.2) is 47.6 Å². The molecular weight excluding hydrogens is 372 g/mol. The van der Waals surface area contributed by atoms with E-state index in [9.17, 15) is 9.59 Å². The van der Waals surface area contributed by atoms with Crippen LogP contribution in [0.25, 0.3) is 0 Å². The van der Waals surface area contributed by atoms with Gasteiger partial charge in [0.05, 0.1) is 17.2 Å². The molecule has 1 fully saturated rings. The van der Waals surface area contributed by atoms with Gasteiger partial charge in [-0.1, -0.05) is 30.7 Å². The molecule has 0 aromatic heterocycles. The molecule has 0 aliphatic carbocycles. The Morgan fingerprint density at radius 3 is 2.36 bits per heavy atom. The van der Waals surface area contributed by atoms with Gasteiger partial charge in [-0.15, -0.1) is 18.3 Å². The predicted molar refractivity (Wildman–Crippen MR) is 120 cm³/mol. The minimum Gasteiger partial charge on any atom is -0.462 e. The third kappa shape index (κ3) is 11.8. The van der Waals surface area contributed by atoms with Crippen molar-refractivity contribution in [3.05, 3.63) is 47.6 Å². The van der Waals surface area contributed by atoms with Crippen molar-refractivity contribution in [2.45, 2.75) is 46.5 Å². The van der Waals surface area contributed by atoms with Crippen molar-refractivity contribution in [1.29, 1.82) is 0 Å². The lowest BCUT2D eigenvalue weighted by molar-refractivity contribution is -0.138. The zero-order chi connectivity index (χ0) is 21.2. The van der Waals surface area contributed by atoms with E-state index in [1.165, 1.54) is 31.0 Å². The molecule has 0 saturated carbocycles. The summed E-state index contributed by atoms with van der Waals surface area (Å²) in [4.78, 5) is 26.8. The number of piperidine rings is 1. The van der Waals surface area contributed by atoms with Gasteiger partial charge in [-0.05, 0) is 59.0 Å². The van der Waals surface area contributed by atoms with E-state index in [0.717, 1.165) is 19.6 Å². The van der Waals surface area contributed by atoms with E-state index in [-0.39, 0.29) is 5.91 Å². The molecule has 28 heavy (non-hydrogen) atoms. The van der Waals surface area contributed by atoms with E-state index >= 15 is 0 Å². The van der Waals surface area contributed by atoms with Gasteiger partial charge >= 0.3 is 5.97 Å². The van der Waals surface area contributed by atoms with E-state index in [0.29, 0.717) is 23.6 Å². The van der Waals surface area contributed by atoms with E-state index in [1.807, 2.05) is 32.3 Å². The molecule has 6 heteroatoms. The monoisotopic (exact) mass is 408 g/mol. The summed E-state index contributed by atoms with van der Waals surface area (Å²) < 4.78 is 5.11. The minimum atomic E-state index is -0.427. The Balaban J connectivity index is 0.00000227. The predicted octanol–water partition coefficient (Wildman–Crippen LogP) is 4.44. The molecule has 158 valence electrons. The van der Waals surface area contributed by atoms with Gasteiger partial charge in [-0.25, -0.2) is 4.79 Å². The summed E-state index contributed by atoms with van der Waals surface area (Å²) in [6.07, 6.45) is 14.9. The highest BCUT2D eigenvalue weighted by Crippen LogP contribution is 2.17. The van der Waals surface area contributed by atoms with Crippen LogP contribution in [0.4, 0.5) is 0 Å². The minimum absolute atomic E-state index is 0.0730. The third-order valence-electron chi connectivity index (χ3n) is 3.87. The Bertz CT molecular complexity index is 562. The molecule has 5 nitrogen and oxygen atoms in total. The lowest BCUT2D eigenvalue weighted by atomic mass is 10.1. The number of carbonyl (C=O) groups is 2. The fourth-order valence-electron chi connectivity index (χ4n) is 2.57. The van der Waals surface area contributed by atoms with Crippen LogP contribution in [-0.2, 0) is 14.3 Å². The van der Waals surface area contributed by atoms with Crippen LogP contribution in [0.3, 0.4) is 0 Å². The van der Waals surface area contributed by atoms with E-state index < -0.39 is 5.97 Å². The normalized spacial score (nSPS) is 15.6. The molecule has 0 bridgehead atoms. The first-order valence-corrected chi connectivity index (χ1v) is 11.1. The zero-order valence-electron chi connectivity index (χ0n) is 17.8. The van der Waals surface area contributed by atoms with Crippen molar-refractivity contribution in [2.24, 2.45) is 0 Å². The Hall–Kier alpha value is -1.79. The van der Waals surface area contributed by atoms with Gasteiger partial charge in [0.25, 0.3) is 0 Å². The smallest absolute Gasteiger partial charge is 0.340 e. The van der Waals surface area contributed by atoms with Gasteiger partial charge in [0.15, 0.2) is 0 Å². The molecule has 0 spiro atoms.